The molecule has 0 spiro atoms. The van der Waals surface area contributed by atoms with Crippen molar-refractivity contribution in [3.8, 4) is 0 Å². The molecular formula is C18H28N4O2. The molecular weight excluding hydrogens is 304 g/mol. The number of guanidine groups is 1. The lowest BCUT2D eigenvalue weighted by Gasteiger charge is -2.30. The third-order valence-electron chi connectivity index (χ3n) is 4.54. The lowest BCUT2D eigenvalue weighted by Crippen LogP contribution is -2.40. The van der Waals surface area contributed by atoms with Gasteiger partial charge in [-0.3, -0.25) is 0 Å². The summed E-state index contributed by atoms with van der Waals surface area (Å²) in [6.45, 7) is 8.49. The number of ether oxygens (including phenoxy) is 1. The number of hydrogen-bond acceptors (Lipinski definition) is 4. The Hall–Kier alpha value is -1.79. The number of aliphatic hydroxyl groups excluding tert-OH is 1. The van der Waals surface area contributed by atoms with Gasteiger partial charge in [-0.15, -0.1) is 0 Å². The normalized spacial score (nSPS) is 22.1. The van der Waals surface area contributed by atoms with Crippen molar-refractivity contribution in [2.75, 3.05) is 50.8 Å². The molecule has 1 aromatic rings. The summed E-state index contributed by atoms with van der Waals surface area (Å²) in [5, 5.41) is 13.1. The SMILES string of the molecule is CCNC(=NCc1ccccc1N1CCOCC1)N1CC[C@@H](O)C1. The van der Waals surface area contributed by atoms with E-state index < -0.39 is 0 Å². The van der Waals surface area contributed by atoms with Crippen molar-refractivity contribution >= 4 is 11.6 Å². The first-order valence-electron chi connectivity index (χ1n) is 8.90. The monoisotopic (exact) mass is 332 g/mol. The smallest absolute Gasteiger partial charge is 0.194 e. The van der Waals surface area contributed by atoms with E-state index >= 15 is 0 Å². The summed E-state index contributed by atoms with van der Waals surface area (Å²) in [4.78, 5) is 9.34. The summed E-state index contributed by atoms with van der Waals surface area (Å²) in [5.74, 6) is 0.894. The van der Waals surface area contributed by atoms with Gasteiger partial charge in [0, 0.05) is 38.4 Å². The summed E-state index contributed by atoms with van der Waals surface area (Å²) < 4.78 is 5.46. The zero-order valence-electron chi connectivity index (χ0n) is 14.4. The number of benzene rings is 1. The van der Waals surface area contributed by atoms with Crippen LogP contribution in [0.4, 0.5) is 5.69 Å². The van der Waals surface area contributed by atoms with Gasteiger partial charge in [0.15, 0.2) is 5.96 Å². The summed E-state index contributed by atoms with van der Waals surface area (Å²) in [7, 11) is 0. The summed E-state index contributed by atoms with van der Waals surface area (Å²) >= 11 is 0. The molecule has 24 heavy (non-hydrogen) atoms. The molecule has 1 aromatic carbocycles. The van der Waals surface area contributed by atoms with Gasteiger partial charge in [-0.2, -0.15) is 0 Å². The average Bonchev–Trinajstić information content (AvgIpc) is 3.06. The Labute approximate surface area is 144 Å². The van der Waals surface area contributed by atoms with E-state index in [0.717, 1.165) is 51.8 Å². The summed E-state index contributed by atoms with van der Waals surface area (Å²) in [6.07, 6.45) is 0.573. The Balaban J connectivity index is 1.74. The molecule has 2 aliphatic rings. The fourth-order valence-electron chi connectivity index (χ4n) is 3.28. The van der Waals surface area contributed by atoms with Crippen LogP contribution in [0.5, 0.6) is 0 Å². The molecule has 0 bridgehead atoms. The number of nitrogens with zero attached hydrogens (tertiary/aromatic N) is 3. The minimum atomic E-state index is -0.241. The number of β-amino-alcohol motifs (C(OH)–C–C–N with tert-alkyl or cyclic N) is 1. The third-order valence-corrected chi connectivity index (χ3v) is 4.54. The molecule has 2 fully saturated rings. The Morgan fingerprint density at radius 3 is 2.79 bits per heavy atom. The summed E-state index contributed by atoms with van der Waals surface area (Å²) in [6, 6.07) is 8.47. The fraction of sp³-hybridized carbons (Fsp3) is 0.611. The van der Waals surface area contributed by atoms with Crippen LogP contribution in [0.2, 0.25) is 0 Å². The molecule has 0 amide bonds. The molecule has 1 atom stereocenters. The molecule has 6 nitrogen and oxygen atoms in total. The molecule has 132 valence electrons. The van der Waals surface area contributed by atoms with Gasteiger partial charge in [-0.25, -0.2) is 4.99 Å². The van der Waals surface area contributed by atoms with Crippen LogP contribution in [0.25, 0.3) is 0 Å². The van der Waals surface area contributed by atoms with Crippen LogP contribution in [-0.2, 0) is 11.3 Å². The molecule has 0 aliphatic carbocycles. The van der Waals surface area contributed by atoms with Crippen LogP contribution < -0.4 is 10.2 Å². The van der Waals surface area contributed by atoms with E-state index in [-0.39, 0.29) is 6.10 Å². The maximum absolute atomic E-state index is 9.77. The van der Waals surface area contributed by atoms with E-state index in [0.29, 0.717) is 13.1 Å². The van der Waals surface area contributed by atoms with E-state index in [9.17, 15) is 5.11 Å². The zero-order valence-corrected chi connectivity index (χ0v) is 14.4. The van der Waals surface area contributed by atoms with Crippen molar-refractivity contribution in [3.63, 3.8) is 0 Å². The largest absolute Gasteiger partial charge is 0.391 e. The van der Waals surface area contributed by atoms with Crippen molar-refractivity contribution < 1.29 is 9.84 Å². The molecule has 2 saturated heterocycles. The fourth-order valence-corrected chi connectivity index (χ4v) is 3.28. The highest BCUT2D eigenvalue weighted by Gasteiger charge is 2.23. The van der Waals surface area contributed by atoms with Crippen LogP contribution in [0, 0.1) is 0 Å². The van der Waals surface area contributed by atoms with E-state index in [1.54, 1.807) is 0 Å². The molecule has 0 radical (unpaired) electrons. The second-order valence-electron chi connectivity index (χ2n) is 6.29. The molecule has 2 N–H and O–H groups in total. The quantitative estimate of drug-likeness (QED) is 0.638. The number of para-hydroxylation sites is 1. The number of aliphatic hydroxyl groups is 1. The van der Waals surface area contributed by atoms with Gasteiger partial charge in [0.2, 0.25) is 0 Å². The van der Waals surface area contributed by atoms with Crippen molar-refractivity contribution in [1.29, 1.82) is 0 Å². The molecule has 2 heterocycles. The Morgan fingerprint density at radius 2 is 2.08 bits per heavy atom. The highest BCUT2D eigenvalue weighted by atomic mass is 16.5. The predicted octanol–water partition coefficient (Wildman–Crippen LogP) is 1.06. The Kier molecular flexibility index (Phi) is 5.93. The van der Waals surface area contributed by atoms with Crippen molar-refractivity contribution in [1.82, 2.24) is 10.2 Å². The Morgan fingerprint density at radius 1 is 1.29 bits per heavy atom. The second-order valence-corrected chi connectivity index (χ2v) is 6.29. The van der Waals surface area contributed by atoms with E-state index in [1.165, 1.54) is 11.3 Å². The first kappa shape index (κ1) is 17.0. The third kappa shape index (κ3) is 4.19. The van der Waals surface area contributed by atoms with Gasteiger partial charge >= 0.3 is 0 Å². The number of aliphatic imine (C=N–C) groups is 1. The van der Waals surface area contributed by atoms with Crippen molar-refractivity contribution in [2.45, 2.75) is 26.0 Å². The molecule has 6 heteroatoms. The van der Waals surface area contributed by atoms with Crippen LogP contribution in [0.3, 0.4) is 0 Å². The van der Waals surface area contributed by atoms with Crippen LogP contribution in [0.15, 0.2) is 29.3 Å². The molecule has 0 aromatic heterocycles. The molecule has 3 rings (SSSR count). The number of nitrogens with one attached hydrogen (secondary N) is 1. The maximum Gasteiger partial charge on any atom is 0.194 e. The van der Waals surface area contributed by atoms with Crippen molar-refractivity contribution in [3.05, 3.63) is 29.8 Å². The minimum Gasteiger partial charge on any atom is -0.391 e. The van der Waals surface area contributed by atoms with Gasteiger partial charge in [0.05, 0.1) is 25.9 Å². The van der Waals surface area contributed by atoms with Gasteiger partial charge in [-0.05, 0) is 25.0 Å². The number of anilines is 1. The number of morpholine rings is 1. The Bertz CT molecular complexity index is 558. The van der Waals surface area contributed by atoms with Crippen LogP contribution in [-0.4, -0.2) is 68.0 Å². The van der Waals surface area contributed by atoms with E-state index in [2.05, 4.69) is 46.3 Å². The standard InChI is InChI=1S/C18H28N4O2/c1-2-19-18(22-8-7-16(23)14-22)20-13-15-5-3-4-6-17(15)21-9-11-24-12-10-21/h3-6,16,23H,2,7-14H2,1H3,(H,19,20)/t16-/m1/s1. The molecule has 0 saturated carbocycles. The lowest BCUT2D eigenvalue weighted by atomic mass is 10.1. The topological polar surface area (TPSA) is 60.3 Å². The van der Waals surface area contributed by atoms with E-state index in [4.69, 9.17) is 9.73 Å². The lowest BCUT2D eigenvalue weighted by molar-refractivity contribution is 0.122. The maximum atomic E-state index is 9.77. The van der Waals surface area contributed by atoms with Gasteiger partial charge < -0.3 is 25.0 Å². The zero-order chi connectivity index (χ0) is 16.8. The number of rotatable bonds is 4. The number of likely N-dealkylation sites (tertiary alicyclic amines) is 1. The average molecular weight is 332 g/mol. The minimum absolute atomic E-state index is 0.241. The van der Waals surface area contributed by atoms with Crippen LogP contribution >= 0.6 is 0 Å². The van der Waals surface area contributed by atoms with Gasteiger partial charge in [-0.1, -0.05) is 18.2 Å². The molecule has 2 aliphatic heterocycles. The first-order chi connectivity index (χ1) is 11.8. The highest BCUT2D eigenvalue weighted by Crippen LogP contribution is 2.22. The highest BCUT2D eigenvalue weighted by molar-refractivity contribution is 5.80. The van der Waals surface area contributed by atoms with Gasteiger partial charge in [0.25, 0.3) is 0 Å². The first-order valence-corrected chi connectivity index (χ1v) is 8.90. The molecule has 0 unspecified atom stereocenters. The predicted molar refractivity (Wildman–Crippen MR) is 96.5 cm³/mol. The van der Waals surface area contributed by atoms with Gasteiger partial charge in [0.1, 0.15) is 0 Å². The number of hydrogen-bond donors (Lipinski definition) is 2. The van der Waals surface area contributed by atoms with E-state index in [1.807, 2.05) is 0 Å². The summed E-state index contributed by atoms with van der Waals surface area (Å²) in [5.41, 5.74) is 2.48. The van der Waals surface area contributed by atoms with Crippen LogP contribution in [0.1, 0.15) is 18.9 Å². The second kappa shape index (κ2) is 8.35. The van der Waals surface area contributed by atoms with Crippen molar-refractivity contribution in [2.24, 2.45) is 4.99 Å².